The first-order valence-electron chi connectivity index (χ1n) is 7.87. The molecule has 0 amide bonds. The lowest BCUT2D eigenvalue weighted by Crippen LogP contribution is -2.22. The molecule has 0 aromatic carbocycles. The van der Waals surface area contributed by atoms with Crippen LogP contribution in [-0.2, 0) is 11.5 Å². The number of pyridine rings is 1. The number of hydrogen-bond donors (Lipinski definition) is 0. The molecule has 3 heterocycles. The van der Waals surface area contributed by atoms with Crippen LogP contribution < -0.4 is 0 Å². The lowest BCUT2D eigenvalue weighted by molar-refractivity contribution is 0.0814. The van der Waals surface area contributed by atoms with Gasteiger partial charge in [-0.1, -0.05) is 19.6 Å². The Balaban J connectivity index is 1.85. The van der Waals surface area contributed by atoms with Crippen molar-refractivity contribution in [1.82, 2.24) is 14.8 Å². The third-order valence-corrected chi connectivity index (χ3v) is 6.37. The molecular formula is C17H20N4OSSi. The fraction of sp³-hybridized carbons (Fsp3) is 0.353. The Morgan fingerprint density at radius 3 is 2.83 bits per heavy atom. The van der Waals surface area contributed by atoms with E-state index in [1.54, 1.807) is 10.9 Å². The summed E-state index contributed by atoms with van der Waals surface area (Å²) in [5, 5.41) is 14.7. The molecule has 3 aromatic rings. The fourth-order valence-corrected chi connectivity index (χ4v) is 3.89. The molecule has 3 aromatic heterocycles. The Bertz CT molecular complexity index is 888. The molecule has 0 spiro atoms. The number of thiophene rings is 1. The van der Waals surface area contributed by atoms with Gasteiger partial charge in [0.05, 0.1) is 4.88 Å². The SMILES string of the molecule is C[Si](C)(C)CCOCn1nc(-c2ccc(C#N)s2)c2cccnc21. The molecule has 0 radical (unpaired) electrons. The van der Waals surface area contributed by atoms with Crippen molar-refractivity contribution in [3.05, 3.63) is 35.3 Å². The minimum absolute atomic E-state index is 0.397. The van der Waals surface area contributed by atoms with E-state index in [0.717, 1.165) is 34.3 Å². The normalized spacial score (nSPS) is 11.8. The highest BCUT2D eigenvalue weighted by molar-refractivity contribution is 7.16. The van der Waals surface area contributed by atoms with Crippen LogP contribution in [-0.4, -0.2) is 29.4 Å². The molecule has 0 atom stereocenters. The van der Waals surface area contributed by atoms with Crippen LogP contribution in [0.4, 0.5) is 0 Å². The van der Waals surface area contributed by atoms with Crippen molar-refractivity contribution in [2.24, 2.45) is 0 Å². The van der Waals surface area contributed by atoms with E-state index in [2.05, 4.69) is 35.8 Å². The van der Waals surface area contributed by atoms with E-state index >= 15 is 0 Å². The van der Waals surface area contributed by atoms with Crippen molar-refractivity contribution in [3.8, 4) is 16.6 Å². The van der Waals surface area contributed by atoms with Crippen LogP contribution in [0.3, 0.4) is 0 Å². The molecule has 7 heteroatoms. The summed E-state index contributed by atoms with van der Waals surface area (Å²) in [5.74, 6) is 0. The molecule has 124 valence electrons. The molecule has 0 saturated carbocycles. The number of nitrogens with zero attached hydrogens (tertiary/aromatic N) is 4. The number of ether oxygens (including phenoxy) is 1. The van der Waals surface area contributed by atoms with Gasteiger partial charge >= 0.3 is 0 Å². The Morgan fingerprint density at radius 2 is 2.12 bits per heavy atom. The van der Waals surface area contributed by atoms with Crippen LogP contribution in [0, 0.1) is 11.3 Å². The van der Waals surface area contributed by atoms with Crippen LogP contribution in [0.15, 0.2) is 30.5 Å². The molecule has 0 aliphatic rings. The van der Waals surface area contributed by atoms with E-state index < -0.39 is 8.07 Å². The second-order valence-corrected chi connectivity index (χ2v) is 13.6. The molecule has 0 N–H and O–H groups in total. The molecule has 0 aliphatic heterocycles. The third kappa shape index (κ3) is 3.72. The molecule has 24 heavy (non-hydrogen) atoms. The molecule has 0 aliphatic carbocycles. The molecule has 5 nitrogen and oxygen atoms in total. The Morgan fingerprint density at radius 1 is 1.29 bits per heavy atom. The van der Waals surface area contributed by atoms with Gasteiger partial charge in [-0.2, -0.15) is 10.4 Å². The highest BCUT2D eigenvalue weighted by Crippen LogP contribution is 2.32. The van der Waals surface area contributed by atoms with Crippen LogP contribution in [0.5, 0.6) is 0 Å². The summed E-state index contributed by atoms with van der Waals surface area (Å²) in [6.07, 6.45) is 1.77. The Labute approximate surface area is 146 Å². The second kappa shape index (κ2) is 6.85. The zero-order valence-corrected chi connectivity index (χ0v) is 15.9. The van der Waals surface area contributed by atoms with Crippen LogP contribution in [0.25, 0.3) is 21.6 Å². The topological polar surface area (TPSA) is 63.7 Å². The maximum absolute atomic E-state index is 9.03. The number of aromatic nitrogens is 3. The van der Waals surface area contributed by atoms with Gasteiger partial charge in [-0.3, -0.25) is 0 Å². The number of fused-ring (bicyclic) bond motifs is 1. The summed E-state index contributed by atoms with van der Waals surface area (Å²) in [7, 11) is -1.10. The van der Waals surface area contributed by atoms with Crippen molar-refractivity contribution in [3.63, 3.8) is 0 Å². The summed E-state index contributed by atoms with van der Waals surface area (Å²) in [6, 6.07) is 11.0. The smallest absolute Gasteiger partial charge is 0.160 e. The summed E-state index contributed by atoms with van der Waals surface area (Å²) in [6.45, 7) is 8.15. The minimum Gasteiger partial charge on any atom is -0.359 e. The summed E-state index contributed by atoms with van der Waals surface area (Å²) >= 11 is 1.45. The largest absolute Gasteiger partial charge is 0.359 e. The molecule has 3 rings (SSSR count). The van der Waals surface area contributed by atoms with Crippen LogP contribution >= 0.6 is 11.3 Å². The zero-order valence-electron chi connectivity index (χ0n) is 14.1. The average Bonchev–Trinajstić information content (AvgIpc) is 3.15. The van der Waals surface area contributed by atoms with Gasteiger partial charge in [0, 0.05) is 26.3 Å². The molecule has 0 fully saturated rings. The van der Waals surface area contributed by atoms with Gasteiger partial charge in [0.15, 0.2) is 5.65 Å². The van der Waals surface area contributed by atoms with E-state index in [1.165, 1.54) is 11.3 Å². The van der Waals surface area contributed by atoms with E-state index in [0.29, 0.717) is 11.6 Å². The predicted octanol–water partition coefficient (Wildman–Crippen LogP) is 4.34. The van der Waals surface area contributed by atoms with Gasteiger partial charge in [-0.05, 0) is 30.3 Å². The number of nitriles is 1. The van der Waals surface area contributed by atoms with Crippen LogP contribution in [0.1, 0.15) is 4.88 Å². The maximum Gasteiger partial charge on any atom is 0.160 e. The highest BCUT2D eigenvalue weighted by atomic mass is 32.1. The van der Waals surface area contributed by atoms with Crippen LogP contribution in [0.2, 0.25) is 25.7 Å². The summed E-state index contributed by atoms with van der Waals surface area (Å²) in [4.78, 5) is 6.11. The van der Waals surface area contributed by atoms with Gasteiger partial charge in [0.2, 0.25) is 0 Å². The fourth-order valence-electron chi connectivity index (χ4n) is 2.34. The van der Waals surface area contributed by atoms with E-state index in [-0.39, 0.29) is 0 Å². The van der Waals surface area contributed by atoms with Gasteiger partial charge in [0.1, 0.15) is 23.4 Å². The average molecular weight is 357 g/mol. The Hall–Kier alpha value is -2.01. The lowest BCUT2D eigenvalue weighted by Gasteiger charge is -2.15. The van der Waals surface area contributed by atoms with E-state index in [9.17, 15) is 0 Å². The minimum atomic E-state index is -1.10. The summed E-state index contributed by atoms with van der Waals surface area (Å²) < 4.78 is 7.63. The molecular weight excluding hydrogens is 336 g/mol. The quantitative estimate of drug-likeness (QED) is 0.487. The number of rotatable bonds is 6. The second-order valence-electron chi connectivity index (χ2n) is 6.85. The van der Waals surface area contributed by atoms with Gasteiger partial charge in [-0.15, -0.1) is 11.3 Å². The molecule has 0 saturated heterocycles. The van der Waals surface area contributed by atoms with Crippen molar-refractivity contribution >= 4 is 30.4 Å². The van der Waals surface area contributed by atoms with E-state index in [1.807, 2.05) is 24.3 Å². The van der Waals surface area contributed by atoms with Gasteiger partial charge in [-0.25, -0.2) is 9.67 Å². The van der Waals surface area contributed by atoms with Crippen molar-refractivity contribution in [2.45, 2.75) is 32.4 Å². The first-order chi connectivity index (χ1) is 11.5. The maximum atomic E-state index is 9.03. The van der Waals surface area contributed by atoms with Crippen molar-refractivity contribution < 1.29 is 4.74 Å². The number of hydrogen-bond acceptors (Lipinski definition) is 5. The monoisotopic (exact) mass is 356 g/mol. The first kappa shape index (κ1) is 16.8. The Kier molecular flexibility index (Phi) is 4.80. The van der Waals surface area contributed by atoms with Gasteiger partial charge < -0.3 is 4.74 Å². The first-order valence-corrected chi connectivity index (χ1v) is 12.4. The predicted molar refractivity (Wildman–Crippen MR) is 99.7 cm³/mol. The highest BCUT2D eigenvalue weighted by Gasteiger charge is 2.16. The standard InChI is InChI=1S/C17H20N4OSSi/c1-24(2,3)10-9-22-12-21-17-14(5-4-8-19-17)16(20-21)15-7-6-13(11-18)23-15/h4-8H,9-10,12H2,1-3H3. The third-order valence-electron chi connectivity index (χ3n) is 3.67. The molecule has 0 bridgehead atoms. The lowest BCUT2D eigenvalue weighted by atomic mass is 10.2. The molecule has 0 unspecified atom stereocenters. The zero-order chi connectivity index (χ0) is 17.2. The van der Waals surface area contributed by atoms with Gasteiger partial charge in [0.25, 0.3) is 0 Å². The summed E-state index contributed by atoms with van der Waals surface area (Å²) in [5.41, 5.74) is 1.67. The van der Waals surface area contributed by atoms with Crippen molar-refractivity contribution in [2.75, 3.05) is 6.61 Å². The van der Waals surface area contributed by atoms with Crippen molar-refractivity contribution in [1.29, 1.82) is 5.26 Å². The van der Waals surface area contributed by atoms with E-state index in [4.69, 9.17) is 10.00 Å².